The Balaban J connectivity index is 1.71. The van der Waals surface area contributed by atoms with E-state index in [-0.39, 0.29) is 5.91 Å². The van der Waals surface area contributed by atoms with Gasteiger partial charge in [-0.25, -0.2) is 0 Å². The molecule has 3 nitrogen and oxygen atoms in total. The first-order valence-corrected chi connectivity index (χ1v) is 9.17. The van der Waals surface area contributed by atoms with Gasteiger partial charge >= 0.3 is 0 Å². The van der Waals surface area contributed by atoms with Gasteiger partial charge in [0.25, 0.3) is 5.91 Å². The van der Waals surface area contributed by atoms with Gasteiger partial charge in [0.1, 0.15) is 0 Å². The third-order valence-electron chi connectivity index (χ3n) is 4.12. The molecule has 1 fully saturated rings. The quantitative estimate of drug-likeness (QED) is 0.877. The number of carbonyl (C=O) groups excluding carboxylic acids is 1. The molecular formula is C17H26N2OS. The summed E-state index contributed by atoms with van der Waals surface area (Å²) < 4.78 is 0. The number of likely N-dealkylation sites (tertiary alicyclic amines) is 1. The van der Waals surface area contributed by atoms with Gasteiger partial charge in [-0.05, 0) is 55.8 Å². The molecule has 1 aromatic carbocycles. The Morgan fingerprint density at radius 1 is 1.29 bits per heavy atom. The van der Waals surface area contributed by atoms with Crippen molar-refractivity contribution < 1.29 is 4.79 Å². The van der Waals surface area contributed by atoms with E-state index in [1.54, 1.807) is 11.8 Å². The topological polar surface area (TPSA) is 32.3 Å². The minimum absolute atomic E-state index is 0.0380. The summed E-state index contributed by atoms with van der Waals surface area (Å²) in [5.41, 5.74) is 2.02. The lowest BCUT2D eigenvalue weighted by molar-refractivity contribution is 0.0944. The molecule has 1 saturated heterocycles. The van der Waals surface area contributed by atoms with E-state index in [0.717, 1.165) is 30.3 Å². The summed E-state index contributed by atoms with van der Waals surface area (Å²) in [6, 6.07) is 7.92. The van der Waals surface area contributed by atoms with Crippen LogP contribution in [0.4, 0.5) is 0 Å². The first-order valence-electron chi connectivity index (χ1n) is 7.77. The predicted octanol–water partition coefficient (Wildman–Crippen LogP) is 3.01. The average molecular weight is 306 g/mol. The highest BCUT2D eigenvalue weighted by atomic mass is 32.2. The molecule has 21 heavy (non-hydrogen) atoms. The van der Waals surface area contributed by atoms with E-state index in [4.69, 9.17) is 0 Å². The van der Waals surface area contributed by atoms with Crippen LogP contribution in [0.15, 0.2) is 24.3 Å². The normalized spacial score (nSPS) is 16.9. The number of nitrogens with one attached hydrogen (secondary N) is 1. The molecule has 1 heterocycles. The molecule has 0 unspecified atom stereocenters. The van der Waals surface area contributed by atoms with Crippen LogP contribution in [0, 0.1) is 5.92 Å². The standard InChI is InChI=1S/C17H26N2OS/c1-14-7-10-19(11-8-14)12-9-18-17(20)16-5-3-15(4-6-16)13-21-2/h3-6,14H,7-13H2,1-2H3,(H,18,20). The second kappa shape index (κ2) is 8.44. The van der Waals surface area contributed by atoms with Crippen LogP contribution in [0.5, 0.6) is 0 Å². The highest BCUT2D eigenvalue weighted by Gasteiger charge is 2.15. The third-order valence-corrected chi connectivity index (χ3v) is 4.74. The third kappa shape index (κ3) is 5.36. The van der Waals surface area contributed by atoms with Gasteiger partial charge in [-0.15, -0.1) is 0 Å². The highest BCUT2D eigenvalue weighted by molar-refractivity contribution is 7.97. The molecule has 0 aromatic heterocycles. The molecule has 1 N–H and O–H groups in total. The van der Waals surface area contributed by atoms with E-state index in [2.05, 4.69) is 23.4 Å². The maximum atomic E-state index is 12.1. The number of rotatable bonds is 6. The summed E-state index contributed by atoms with van der Waals surface area (Å²) in [5, 5.41) is 3.02. The number of benzene rings is 1. The van der Waals surface area contributed by atoms with E-state index in [1.165, 1.54) is 31.5 Å². The Labute approximate surface area is 132 Å². The molecule has 116 valence electrons. The molecule has 4 heteroatoms. The van der Waals surface area contributed by atoms with E-state index >= 15 is 0 Å². The highest BCUT2D eigenvalue weighted by Crippen LogP contribution is 2.15. The fourth-order valence-electron chi connectivity index (χ4n) is 2.63. The zero-order chi connectivity index (χ0) is 15.1. The fraction of sp³-hybridized carbons (Fsp3) is 0.588. The van der Waals surface area contributed by atoms with Crippen LogP contribution in [0.25, 0.3) is 0 Å². The van der Waals surface area contributed by atoms with Gasteiger partial charge in [0.15, 0.2) is 0 Å². The molecule has 2 rings (SSSR count). The van der Waals surface area contributed by atoms with E-state index < -0.39 is 0 Å². The van der Waals surface area contributed by atoms with Gasteiger partial charge < -0.3 is 10.2 Å². The van der Waals surface area contributed by atoms with Crippen molar-refractivity contribution in [2.75, 3.05) is 32.4 Å². The Bertz CT molecular complexity index is 439. The zero-order valence-corrected chi connectivity index (χ0v) is 13.9. The summed E-state index contributed by atoms with van der Waals surface area (Å²) in [6.07, 6.45) is 4.65. The van der Waals surface area contributed by atoms with Gasteiger partial charge in [0.05, 0.1) is 0 Å². The summed E-state index contributed by atoms with van der Waals surface area (Å²) in [5.74, 6) is 1.89. The molecule has 0 saturated carbocycles. The van der Waals surface area contributed by atoms with Crippen molar-refractivity contribution in [3.05, 3.63) is 35.4 Å². The van der Waals surface area contributed by atoms with E-state index in [1.807, 2.05) is 24.3 Å². The molecule has 1 aliphatic rings. The Hall–Kier alpha value is -1.00. The predicted molar refractivity (Wildman–Crippen MR) is 90.8 cm³/mol. The van der Waals surface area contributed by atoms with Gasteiger partial charge in [-0.2, -0.15) is 11.8 Å². The monoisotopic (exact) mass is 306 g/mol. The number of hydrogen-bond donors (Lipinski definition) is 1. The number of hydrogen-bond acceptors (Lipinski definition) is 3. The number of thioether (sulfide) groups is 1. The lowest BCUT2D eigenvalue weighted by Gasteiger charge is -2.30. The van der Waals surface area contributed by atoms with E-state index in [0.29, 0.717) is 0 Å². The number of carbonyl (C=O) groups is 1. The van der Waals surface area contributed by atoms with Crippen molar-refractivity contribution in [3.63, 3.8) is 0 Å². The van der Waals surface area contributed by atoms with Crippen LogP contribution in [-0.2, 0) is 5.75 Å². The molecule has 1 aliphatic heterocycles. The Kier molecular flexibility index (Phi) is 6.58. The molecule has 0 spiro atoms. The molecule has 1 aromatic rings. The van der Waals surface area contributed by atoms with Crippen LogP contribution in [0.1, 0.15) is 35.7 Å². The maximum Gasteiger partial charge on any atom is 0.251 e. The maximum absolute atomic E-state index is 12.1. The second-order valence-corrected chi connectivity index (χ2v) is 6.78. The first-order chi connectivity index (χ1) is 10.2. The molecular weight excluding hydrogens is 280 g/mol. The Morgan fingerprint density at radius 2 is 1.95 bits per heavy atom. The second-order valence-electron chi connectivity index (χ2n) is 5.91. The zero-order valence-electron chi connectivity index (χ0n) is 13.1. The fourth-order valence-corrected chi connectivity index (χ4v) is 3.16. The van der Waals surface area contributed by atoms with E-state index in [9.17, 15) is 4.79 Å². The number of amides is 1. The SMILES string of the molecule is CSCc1ccc(C(=O)NCCN2CCC(C)CC2)cc1. The van der Waals surface area contributed by atoms with Crippen LogP contribution in [0.2, 0.25) is 0 Å². The molecule has 1 amide bonds. The number of nitrogens with zero attached hydrogens (tertiary/aromatic N) is 1. The minimum atomic E-state index is 0.0380. The van der Waals surface area contributed by atoms with Crippen molar-refractivity contribution in [3.8, 4) is 0 Å². The summed E-state index contributed by atoms with van der Waals surface area (Å²) in [7, 11) is 0. The van der Waals surface area contributed by atoms with Crippen molar-refractivity contribution in [2.45, 2.75) is 25.5 Å². The van der Waals surface area contributed by atoms with Crippen LogP contribution < -0.4 is 5.32 Å². The molecule has 0 bridgehead atoms. The average Bonchev–Trinajstić information content (AvgIpc) is 2.50. The van der Waals surface area contributed by atoms with Crippen molar-refractivity contribution in [2.24, 2.45) is 5.92 Å². The lowest BCUT2D eigenvalue weighted by atomic mass is 9.99. The summed E-state index contributed by atoms with van der Waals surface area (Å²) in [6.45, 7) is 6.35. The largest absolute Gasteiger partial charge is 0.351 e. The van der Waals surface area contributed by atoms with Crippen molar-refractivity contribution in [1.82, 2.24) is 10.2 Å². The molecule has 0 atom stereocenters. The summed E-state index contributed by atoms with van der Waals surface area (Å²) in [4.78, 5) is 14.5. The van der Waals surface area contributed by atoms with Crippen molar-refractivity contribution >= 4 is 17.7 Å². The van der Waals surface area contributed by atoms with Crippen LogP contribution >= 0.6 is 11.8 Å². The molecule has 0 radical (unpaired) electrons. The lowest BCUT2D eigenvalue weighted by Crippen LogP contribution is -2.39. The van der Waals surface area contributed by atoms with Gasteiger partial charge in [-0.3, -0.25) is 4.79 Å². The Morgan fingerprint density at radius 3 is 2.57 bits per heavy atom. The smallest absolute Gasteiger partial charge is 0.251 e. The summed E-state index contributed by atoms with van der Waals surface area (Å²) >= 11 is 1.79. The van der Waals surface area contributed by atoms with Crippen LogP contribution in [-0.4, -0.2) is 43.2 Å². The van der Waals surface area contributed by atoms with Gasteiger partial charge in [-0.1, -0.05) is 19.1 Å². The molecule has 0 aliphatic carbocycles. The van der Waals surface area contributed by atoms with Gasteiger partial charge in [0, 0.05) is 24.4 Å². The van der Waals surface area contributed by atoms with Crippen molar-refractivity contribution in [1.29, 1.82) is 0 Å². The minimum Gasteiger partial charge on any atom is -0.351 e. The number of piperidine rings is 1. The van der Waals surface area contributed by atoms with Crippen LogP contribution in [0.3, 0.4) is 0 Å². The van der Waals surface area contributed by atoms with Gasteiger partial charge in [0.2, 0.25) is 0 Å². The first kappa shape index (κ1) is 16.4.